The summed E-state index contributed by atoms with van der Waals surface area (Å²) in [6.45, 7) is 2.90. The molecule has 2 aliphatic rings. The van der Waals surface area contributed by atoms with Crippen molar-refractivity contribution in [3.05, 3.63) is 0 Å². The van der Waals surface area contributed by atoms with Gasteiger partial charge < -0.3 is 10.2 Å². The molecule has 1 aliphatic carbocycles. The fourth-order valence-corrected chi connectivity index (χ4v) is 3.32. The first-order chi connectivity index (χ1) is 8.79. The van der Waals surface area contributed by atoms with Gasteiger partial charge in [-0.3, -0.25) is 4.79 Å². The Kier molecular flexibility index (Phi) is 5.83. The normalized spacial score (nSPS) is 25.9. The first-order valence-electron chi connectivity index (χ1n) is 7.41. The molecule has 104 valence electrons. The van der Waals surface area contributed by atoms with Crippen LogP contribution >= 0.6 is 12.6 Å². The Balaban J connectivity index is 1.56. The Morgan fingerprint density at radius 2 is 2.06 bits per heavy atom. The second kappa shape index (κ2) is 7.39. The Hall–Kier alpha value is -0.220. The molecule has 1 N–H and O–H groups in total. The first-order valence-corrected chi connectivity index (χ1v) is 8.05. The number of thiol groups is 1. The molecule has 2 rings (SSSR count). The molecule has 0 aromatic rings. The quantitative estimate of drug-likeness (QED) is 0.572. The molecule has 0 radical (unpaired) electrons. The van der Waals surface area contributed by atoms with E-state index >= 15 is 0 Å². The summed E-state index contributed by atoms with van der Waals surface area (Å²) in [6, 6.07) is 0.734. The lowest BCUT2D eigenvalue weighted by Crippen LogP contribution is -2.34. The van der Waals surface area contributed by atoms with E-state index in [-0.39, 0.29) is 0 Å². The molecular weight excluding hydrogens is 244 g/mol. The van der Waals surface area contributed by atoms with Gasteiger partial charge >= 0.3 is 0 Å². The molecule has 1 unspecified atom stereocenters. The predicted molar refractivity (Wildman–Crippen MR) is 78.0 cm³/mol. The van der Waals surface area contributed by atoms with Crippen molar-refractivity contribution >= 4 is 18.5 Å². The highest BCUT2D eigenvalue weighted by Crippen LogP contribution is 2.19. The lowest BCUT2D eigenvalue weighted by atomic mass is 9.95. The van der Waals surface area contributed by atoms with Gasteiger partial charge in [-0.1, -0.05) is 19.3 Å². The van der Waals surface area contributed by atoms with Crippen LogP contribution in [0.5, 0.6) is 0 Å². The summed E-state index contributed by atoms with van der Waals surface area (Å²) >= 11 is 4.28. The summed E-state index contributed by atoms with van der Waals surface area (Å²) in [6.07, 6.45) is 8.64. The largest absolute Gasteiger partial charge is 0.342 e. The van der Waals surface area contributed by atoms with Gasteiger partial charge in [0, 0.05) is 25.6 Å². The van der Waals surface area contributed by atoms with Gasteiger partial charge in [-0.25, -0.2) is 0 Å². The first kappa shape index (κ1) is 14.2. The maximum absolute atomic E-state index is 11.7. The average molecular weight is 270 g/mol. The second-order valence-corrected chi connectivity index (χ2v) is 6.10. The van der Waals surface area contributed by atoms with Crippen molar-refractivity contribution in [2.75, 3.05) is 25.4 Å². The molecule has 3 nitrogen and oxygen atoms in total. The van der Waals surface area contributed by atoms with Crippen LogP contribution in [0.1, 0.15) is 44.9 Å². The maximum Gasteiger partial charge on any atom is 0.222 e. The summed E-state index contributed by atoms with van der Waals surface area (Å²) in [5.74, 6) is 1.64. The standard InChI is InChI=1S/C14H26N2OS/c17-14-9-12(11-18)10-16(14)8-4-7-15-13-5-2-1-3-6-13/h12-13,15,18H,1-11H2. The zero-order chi connectivity index (χ0) is 12.8. The number of likely N-dealkylation sites (tertiary alicyclic amines) is 1. The van der Waals surface area contributed by atoms with Gasteiger partial charge in [0.15, 0.2) is 0 Å². The van der Waals surface area contributed by atoms with Crippen LogP contribution in [-0.4, -0.2) is 42.2 Å². The van der Waals surface area contributed by atoms with Crippen LogP contribution in [0, 0.1) is 5.92 Å². The third-order valence-electron chi connectivity index (χ3n) is 4.20. The molecule has 1 aliphatic heterocycles. The molecule has 2 fully saturated rings. The van der Waals surface area contributed by atoms with Crippen LogP contribution in [0.25, 0.3) is 0 Å². The molecule has 4 heteroatoms. The van der Waals surface area contributed by atoms with Gasteiger partial charge in [0.1, 0.15) is 0 Å². The van der Waals surface area contributed by atoms with Crippen LogP contribution in [-0.2, 0) is 4.79 Å². The summed E-state index contributed by atoms with van der Waals surface area (Å²) in [7, 11) is 0. The number of hydrogen-bond acceptors (Lipinski definition) is 3. The summed E-state index contributed by atoms with van der Waals surface area (Å²) in [5.41, 5.74) is 0. The summed E-state index contributed by atoms with van der Waals surface area (Å²) in [5, 5.41) is 3.63. The van der Waals surface area contributed by atoms with Crippen LogP contribution in [0.15, 0.2) is 0 Å². The number of rotatable bonds is 6. The zero-order valence-electron chi connectivity index (χ0n) is 11.2. The molecule has 0 bridgehead atoms. The minimum Gasteiger partial charge on any atom is -0.342 e. The topological polar surface area (TPSA) is 32.3 Å². The van der Waals surface area contributed by atoms with Gasteiger partial charge in [-0.2, -0.15) is 12.6 Å². The Morgan fingerprint density at radius 3 is 2.72 bits per heavy atom. The molecule has 1 saturated carbocycles. The van der Waals surface area contributed by atoms with E-state index in [9.17, 15) is 4.79 Å². The zero-order valence-corrected chi connectivity index (χ0v) is 12.1. The smallest absolute Gasteiger partial charge is 0.222 e. The van der Waals surface area contributed by atoms with Gasteiger partial charge in [0.05, 0.1) is 0 Å². The highest BCUT2D eigenvalue weighted by Gasteiger charge is 2.27. The fourth-order valence-electron chi connectivity index (χ4n) is 3.08. The van der Waals surface area contributed by atoms with E-state index < -0.39 is 0 Å². The lowest BCUT2D eigenvalue weighted by Gasteiger charge is -2.23. The van der Waals surface area contributed by atoms with Crippen molar-refractivity contribution in [3.8, 4) is 0 Å². The van der Waals surface area contributed by atoms with Crippen LogP contribution in [0.4, 0.5) is 0 Å². The van der Waals surface area contributed by atoms with E-state index in [0.717, 1.165) is 37.8 Å². The molecule has 18 heavy (non-hydrogen) atoms. The Bertz CT molecular complexity index is 267. The predicted octanol–water partition coefficient (Wildman–Crippen LogP) is 2.08. The van der Waals surface area contributed by atoms with Crippen molar-refractivity contribution < 1.29 is 4.79 Å². The molecule has 1 saturated heterocycles. The van der Waals surface area contributed by atoms with Crippen LogP contribution < -0.4 is 5.32 Å². The third kappa shape index (κ3) is 4.16. The number of nitrogens with zero attached hydrogens (tertiary/aromatic N) is 1. The number of hydrogen-bond donors (Lipinski definition) is 2. The monoisotopic (exact) mass is 270 g/mol. The second-order valence-electron chi connectivity index (χ2n) is 5.74. The molecular formula is C14H26N2OS. The number of carbonyl (C=O) groups excluding carboxylic acids is 1. The summed E-state index contributed by atoms with van der Waals surface area (Å²) < 4.78 is 0. The van der Waals surface area contributed by atoms with Gasteiger partial charge in [0.2, 0.25) is 5.91 Å². The maximum atomic E-state index is 11.7. The highest BCUT2D eigenvalue weighted by molar-refractivity contribution is 7.80. The molecule has 1 heterocycles. The van der Waals surface area contributed by atoms with Gasteiger partial charge in [-0.05, 0) is 37.5 Å². The minimum atomic E-state index is 0.326. The van der Waals surface area contributed by atoms with Crippen molar-refractivity contribution in [1.82, 2.24) is 10.2 Å². The van der Waals surface area contributed by atoms with Crippen LogP contribution in [0.3, 0.4) is 0 Å². The number of amides is 1. The van der Waals surface area contributed by atoms with Gasteiger partial charge in [0.25, 0.3) is 0 Å². The van der Waals surface area contributed by atoms with E-state index in [4.69, 9.17) is 0 Å². The number of carbonyl (C=O) groups is 1. The van der Waals surface area contributed by atoms with Crippen molar-refractivity contribution in [2.24, 2.45) is 5.92 Å². The van der Waals surface area contributed by atoms with E-state index in [1.807, 2.05) is 4.90 Å². The molecule has 0 aromatic heterocycles. The molecule has 0 spiro atoms. The van der Waals surface area contributed by atoms with Crippen molar-refractivity contribution in [1.29, 1.82) is 0 Å². The Labute approximate surface area is 116 Å². The van der Waals surface area contributed by atoms with E-state index in [0.29, 0.717) is 18.2 Å². The SMILES string of the molecule is O=C1CC(CS)CN1CCCNC1CCCCC1. The lowest BCUT2D eigenvalue weighted by molar-refractivity contribution is -0.127. The van der Waals surface area contributed by atoms with Crippen molar-refractivity contribution in [3.63, 3.8) is 0 Å². The van der Waals surface area contributed by atoms with E-state index in [1.54, 1.807) is 0 Å². The van der Waals surface area contributed by atoms with Gasteiger partial charge in [-0.15, -0.1) is 0 Å². The molecule has 1 amide bonds. The number of nitrogens with one attached hydrogen (secondary N) is 1. The highest BCUT2D eigenvalue weighted by atomic mass is 32.1. The Morgan fingerprint density at radius 1 is 1.28 bits per heavy atom. The minimum absolute atomic E-state index is 0.326. The van der Waals surface area contributed by atoms with Crippen molar-refractivity contribution in [2.45, 2.75) is 51.0 Å². The molecule has 0 aromatic carbocycles. The fraction of sp³-hybridized carbons (Fsp3) is 0.929. The van der Waals surface area contributed by atoms with E-state index in [1.165, 1.54) is 32.1 Å². The van der Waals surface area contributed by atoms with Crippen LogP contribution in [0.2, 0.25) is 0 Å². The third-order valence-corrected chi connectivity index (χ3v) is 4.71. The summed E-state index contributed by atoms with van der Waals surface area (Å²) in [4.78, 5) is 13.7. The van der Waals surface area contributed by atoms with E-state index in [2.05, 4.69) is 17.9 Å². The molecule has 1 atom stereocenters. The average Bonchev–Trinajstić information content (AvgIpc) is 2.77.